The van der Waals surface area contributed by atoms with E-state index in [2.05, 4.69) is 26.5 Å². The Kier molecular flexibility index (Phi) is 4.16. The highest BCUT2D eigenvalue weighted by molar-refractivity contribution is 7.80. The minimum atomic E-state index is 0.292. The van der Waals surface area contributed by atoms with Gasteiger partial charge in [0.05, 0.1) is 6.10 Å². The first kappa shape index (κ1) is 10.5. The number of benzene rings is 1. The molecule has 0 aliphatic carbocycles. The molecule has 1 atom stereocenters. The molecule has 0 saturated carbocycles. The minimum absolute atomic E-state index is 0.292. The normalized spacial score (nSPS) is 12.5. The molecule has 1 aromatic rings. The van der Waals surface area contributed by atoms with Gasteiger partial charge >= 0.3 is 0 Å². The molecule has 72 valence electrons. The molecule has 0 spiro atoms. The van der Waals surface area contributed by atoms with E-state index in [1.807, 2.05) is 24.3 Å². The van der Waals surface area contributed by atoms with E-state index >= 15 is 0 Å². The van der Waals surface area contributed by atoms with Crippen molar-refractivity contribution in [2.45, 2.75) is 37.7 Å². The summed E-state index contributed by atoms with van der Waals surface area (Å²) >= 11 is 4.25. The van der Waals surface area contributed by atoms with Gasteiger partial charge in [0, 0.05) is 4.90 Å². The summed E-state index contributed by atoms with van der Waals surface area (Å²) in [5.41, 5.74) is 0. The molecule has 13 heavy (non-hydrogen) atoms. The zero-order valence-electron chi connectivity index (χ0n) is 8.16. The van der Waals surface area contributed by atoms with E-state index in [0.29, 0.717) is 6.10 Å². The minimum Gasteiger partial charge on any atom is -0.491 e. The topological polar surface area (TPSA) is 9.23 Å². The number of hydrogen-bond acceptors (Lipinski definition) is 2. The third-order valence-corrected chi connectivity index (χ3v) is 2.13. The van der Waals surface area contributed by atoms with Crippen molar-refractivity contribution >= 4 is 12.6 Å². The number of thiol groups is 1. The molecular weight excluding hydrogens is 180 g/mol. The third kappa shape index (κ3) is 3.73. The Morgan fingerprint density at radius 1 is 1.46 bits per heavy atom. The van der Waals surface area contributed by atoms with Gasteiger partial charge in [0.25, 0.3) is 0 Å². The Labute approximate surface area is 85.5 Å². The highest BCUT2D eigenvalue weighted by Crippen LogP contribution is 2.18. The molecule has 0 aromatic heterocycles. The smallest absolute Gasteiger partial charge is 0.120 e. The van der Waals surface area contributed by atoms with Crippen LogP contribution < -0.4 is 4.74 Å². The highest BCUT2D eigenvalue weighted by Gasteiger charge is 2.01. The fourth-order valence-electron chi connectivity index (χ4n) is 1.25. The van der Waals surface area contributed by atoms with E-state index in [0.717, 1.165) is 23.5 Å². The Hall–Kier alpha value is -0.630. The summed E-state index contributed by atoms with van der Waals surface area (Å²) in [5.74, 6) is 0.911. The molecule has 0 radical (unpaired) electrons. The summed E-state index contributed by atoms with van der Waals surface area (Å²) in [6.07, 6.45) is 2.54. The maximum atomic E-state index is 5.69. The number of rotatable bonds is 4. The van der Waals surface area contributed by atoms with Crippen molar-refractivity contribution in [3.8, 4) is 5.75 Å². The second-order valence-corrected chi connectivity index (χ2v) is 3.73. The molecule has 1 nitrogen and oxygen atoms in total. The van der Waals surface area contributed by atoms with E-state index in [9.17, 15) is 0 Å². The predicted molar refractivity (Wildman–Crippen MR) is 58.7 cm³/mol. The van der Waals surface area contributed by atoms with E-state index in [1.54, 1.807) is 0 Å². The third-order valence-electron chi connectivity index (χ3n) is 1.85. The number of hydrogen-bond donors (Lipinski definition) is 1. The maximum Gasteiger partial charge on any atom is 0.120 e. The Balaban J connectivity index is 2.53. The highest BCUT2D eigenvalue weighted by atomic mass is 32.1. The van der Waals surface area contributed by atoms with Crippen LogP contribution in [0.3, 0.4) is 0 Å². The molecule has 0 amide bonds. The molecule has 2 heteroatoms. The molecule has 1 rings (SSSR count). The zero-order chi connectivity index (χ0) is 9.68. The summed E-state index contributed by atoms with van der Waals surface area (Å²) in [6, 6.07) is 7.80. The first-order valence-corrected chi connectivity index (χ1v) is 5.12. The van der Waals surface area contributed by atoms with Crippen LogP contribution in [0, 0.1) is 0 Å². The quantitative estimate of drug-likeness (QED) is 0.725. The first-order valence-electron chi connectivity index (χ1n) is 4.68. The lowest BCUT2D eigenvalue weighted by Crippen LogP contribution is -2.10. The van der Waals surface area contributed by atoms with Crippen LogP contribution in [-0.2, 0) is 0 Å². The van der Waals surface area contributed by atoms with Gasteiger partial charge in [-0.25, -0.2) is 0 Å². The van der Waals surface area contributed by atoms with Gasteiger partial charge in [-0.3, -0.25) is 0 Å². The van der Waals surface area contributed by atoms with Gasteiger partial charge < -0.3 is 4.74 Å². The van der Waals surface area contributed by atoms with E-state index in [-0.39, 0.29) is 0 Å². The largest absolute Gasteiger partial charge is 0.491 e. The molecule has 0 fully saturated rings. The fourth-order valence-corrected chi connectivity index (χ4v) is 1.47. The van der Waals surface area contributed by atoms with E-state index in [1.165, 1.54) is 0 Å². The summed E-state index contributed by atoms with van der Waals surface area (Å²) in [6.45, 7) is 4.25. The van der Waals surface area contributed by atoms with Crippen LogP contribution in [0.4, 0.5) is 0 Å². The van der Waals surface area contributed by atoms with Gasteiger partial charge in [0.2, 0.25) is 0 Å². The lowest BCUT2D eigenvalue weighted by molar-refractivity contribution is 0.209. The fraction of sp³-hybridized carbons (Fsp3) is 0.455. The molecule has 0 aliphatic rings. The molecule has 0 saturated heterocycles. The molecule has 1 unspecified atom stereocenters. The van der Waals surface area contributed by atoms with Crippen LogP contribution in [0.5, 0.6) is 5.75 Å². The number of ether oxygens (including phenoxy) is 1. The molecular formula is C11H16OS. The van der Waals surface area contributed by atoms with Crippen molar-refractivity contribution in [1.82, 2.24) is 0 Å². The van der Waals surface area contributed by atoms with Gasteiger partial charge in [-0.2, -0.15) is 0 Å². The van der Waals surface area contributed by atoms with Crippen LogP contribution in [0.15, 0.2) is 29.2 Å². The van der Waals surface area contributed by atoms with Gasteiger partial charge in [-0.15, -0.1) is 12.6 Å². The molecule has 0 aliphatic heterocycles. The molecule has 1 aromatic carbocycles. The van der Waals surface area contributed by atoms with Crippen LogP contribution in [-0.4, -0.2) is 6.10 Å². The van der Waals surface area contributed by atoms with Gasteiger partial charge in [-0.05, 0) is 31.5 Å². The molecule has 0 bridgehead atoms. The monoisotopic (exact) mass is 196 g/mol. The van der Waals surface area contributed by atoms with E-state index < -0.39 is 0 Å². The van der Waals surface area contributed by atoms with Crippen molar-refractivity contribution in [2.24, 2.45) is 0 Å². The van der Waals surface area contributed by atoms with Gasteiger partial charge in [-0.1, -0.05) is 19.4 Å². The van der Waals surface area contributed by atoms with Crippen LogP contribution in [0.1, 0.15) is 26.7 Å². The van der Waals surface area contributed by atoms with Crippen LogP contribution >= 0.6 is 12.6 Å². The lowest BCUT2D eigenvalue weighted by atomic mass is 10.2. The zero-order valence-corrected chi connectivity index (χ0v) is 9.05. The molecule has 0 N–H and O–H groups in total. The average molecular weight is 196 g/mol. The Morgan fingerprint density at radius 2 is 2.23 bits per heavy atom. The standard InChI is InChI=1S/C11H16OS/c1-3-5-9(2)12-10-6-4-7-11(13)8-10/h4,6-9,13H,3,5H2,1-2H3. The van der Waals surface area contributed by atoms with Crippen molar-refractivity contribution in [3.63, 3.8) is 0 Å². The summed E-state index contributed by atoms with van der Waals surface area (Å²) in [4.78, 5) is 0.946. The lowest BCUT2D eigenvalue weighted by Gasteiger charge is -2.13. The average Bonchev–Trinajstić information content (AvgIpc) is 2.04. The molecule has 0 heterocycles. The predicted octanol–water partition coefficient (Wildman–Crippen LogP) is 3.54. The van der Waals surface area contributed by atoms with Crippen molar-refractivity contribution in [2.75, 3.05) is 0 Å². The van der Waals surface area contributed by atoms with Crippen molar-refractivity contribution in [3.05, 3.63) is 24.3 Å². The summed E-state index contributed by atoms with van der Waals surface area (Å²) < 4.78 is 5.69. The van der Waals surface area contributed by atoms with Crippen LogP contribution in [0.25, 0.3) is 0 Å². The second kappa shape index (κ2) is 5.18. The Bertz CT molecular complexity index is 260. The first-order chi connectivity index (χ1) is 6.22. The summed E-state index contributed by atoms with van der Waals surface area (Å²) in [7, 11) is 0. The van der Waals surface area contributed by atoms with Crippen molar-refractivity contribution < 1.29 is 4.74 Å². The maximum absolute atomic E-state index is 5.69. The van der Waals surface area contributed by atoms with Crippen LogP contribution in [0.2, 0.25) is 0 Å². The Morgan fingerprint density at radius 3 is 2.85 bits per heavy atom. The van der Waals surface area contributed by atoms with Gasteiger partial charge in [0.1, 0.15) is 5.75 Å². The van der Waals surface area contributed by atoms with Gasteiger partial charge in [0.15, 0.2) is 0 Å². The van der Waals surface area contributed by atoms with E-state index in [4.69, 9.17) is 4.74 Å². The van der Waals surface area contributed by atoms with Crippen molar-refractivity contribution in [1.29, 1.82) is 0 Å². The summed E-state index contributed by atoms with van der Waals surface area (Å²) in [5, 5.41) is 0. The second-order valence-electron chi connectivity index (χ2n) is 3.21. The SMILES string of the molecule is CCCC(C)Oc1cccc(S)c1.